The second-order valence-corrected chi connectivity index (χ2v) is 9.85. The zero-order valence-corrected chi connectivity index (χ0v) is 15.1. The Morgan fingerprint density at radius 3 is 2.35 bits per heavy atom. The average molecular weight is 319 g/mol. The van der Waals surface area contributed by atoms with E-state index < -0.39 is 0 Å². The molecule has 0 N–H and O–H groups in total. The van der Waals surface area contributed by atoms with Gasteiger partial charge in [0.1, 0.15) is 0 Å². The molecule has 1 saturated heterocycles. The number of hydrogen-bond donors (Lipinski definition) is 0. The summed E-state index contributed by atoms with van der Waals surface area (Å²) in [5.74, 6) is 3.58. The van der Waals surface area contributed by atoms with Crippen LogP contribution in [-0.2, 0) is 9.47 Å². The van der Waals surface area contributed by atoms with Crippen molar-refractivity contribution in [2.45, 2.75) is 83.8 Å². The van der Waals surface area contributed by atoms with E-state index in [-0.39, 0.29) is 11.2 Å². The Kier molecular flexibility index (Phi) is 3.29. The molecule has 130 valence electrons. The molecule has 0 aromatic carbocycles. The third-order valence-corrected chi connectivity index (χ3v) is 9.38. The molecule has 0 unspecified atom stereocenters. The second kappa shape index (κ2) is 4.97. The van der Waals surface area contributed by atoms with Crippen LogP contribution in [0.4, 0.5) is 0 Å². The molecule has 0 radical (unpaired) electrons. The maximum absolute atomic E-state index is 6.26. The number of fused-ring (bicyclic) bond motifs is 6. The highest BCUT2D eigenvalue weighted by atomic mass is 16.7. The molecule has 6 atom stereocenters. The van der Waals surface area contributed by atoms with Gasteiger partial charge in [-0.05, 0) is 74.0 Å². The van der Waals surface area contributed by atoms with Gasteiger partial charge in [0.25, 0.3) is 0 Å². The fourth-order valence-corrected chi connectivity index (χ4v) is 8.18. The Bertz CT molecular complexity index is 482. The van der Waals surface area contributed by atoms with Gasteiger partial charge in [-0.25, -0.2) is 0 Å². The van der Waals surface area contributed by atoms with Gasteiger partial charge in [0.15, 0.2) is 5.79 Å². The number of ether oxygens (including phenoxy) is 2. The molecule has 5 aliphatic rings. The van der Waals surface area contributed by atoms with Crippen molar-refractivity contribution < 1.29 is 9.47 Å². The third-order valence-electron chi connectivity index (χ3n) is 9.38. The van der Waals surface area contributed by atoms with E-state index in [1.807, 2.05) is 0 Å². The maximum Gasteiger partial charge on any atom is 0.174 e. The first-order valence-corrected chi connectivity index (χ1v) is 10.4. The van der Waals surface area contributed by atoms with Crippen LogP contribution in [0.15, 0.2) is 0 Å². The highest BCUT2D eigenvalue weighted by molar-refractivity contribution is 5.12. The molecule has 5 fully saturated rings. The third kappa shape index (κ3) is 1.83. The predicted molar refractivity (Wildman–Crippen MR) is 91.0 cm³/mol. The summed E-state index contributed by atoms with van der Waals surface area (Å²) < 4.78 is 12.5. The SMILES string of the molecule is C[C@]12CCCC[C@@H]1CC[C@H]1[C@H]3CCC4(OCCO4)[C@]3(C)CC[C@@H]12. The van der Waals surface area contributed by atoms with Gasteiger partial charge in [0.05, 0.1) is 13.2 Å². The van der Waals surface area contributed by atoms with Crippen LogP contribution in [0.5, 0.6) is 0 Å². The van der Waals surface area contributed by atoms with Gasteiger partial charge in [-0.3, -0.25) is 0 Å². The normalized spacial score (nSPS) is 54.5. The van der Waals surface area contributed by atoms with Crippen LogP contribution in [0.25, 0.3) is 0 Å². The van der Waals surface area contributed by atoms with Gasteiger partial charge in [-0.1, -0.05) is 26.7 Å². The van der Waals surface area contributed by atoms with Crippen LogP contribution in [-0.4, -0.2) is 19.0 Å². The van der Waals surface area contributed by atoms with Gasteiger partial charge in [0.2, 0.25) is 0 Å². The molecule has 1 spiro atoms. The molecule has 0 amide bonds. The number of rotatable bonds is 0. The van der Waals surface area contributed by atoms with Crippen molar-refractivity contribution in [1.82, 2.24) is 0 Å². The Morgan fingerprint density at radius 2 is 1.52 bits per heavy atom. The van der Waals surface area contributed by atoms with Crippen molar-refractivity contribution in [1.29, 1.82) is 0 Å². The molecule has 1 aliphatic heterocycles. The van der Waals surface area contributed by atoms with Crippen molar-refractivity contribution in [2.24, 2.45) is 34.5 Å². The zero-order valence-electron chi connectivity index (χ0n) is 15.1. The van der Waals surface area contributed by atoms with Crippen molar-refractivity contribution in [3.05, 3.63) is 0 Å². The second-order valence-electron chi connectivity index (χ2n) is 9.85. The van der Waals surface area contributed by atoms with Crippen molar-refractivity contribution in [3.63, 3.8) is 0 Å². The van der Waals surface area contributed by atoms with Gasteiger partial charge < -0.3 is 9.47 Å². The molecule has 23 heavy (non-hydrogen) atoms. The summed E-state index contributed by atoms with van der Waals surface area (Å²) in [6.45, 7) is 6.82. The van der Waals surface area contributed by atoms with Gasteiger partial charge in [0, 0.05) is 11.8 Å². The van der Waals surface area contributed by atoms with Gasteiger partial charge in [-0.15, -0.1) is 0 Å². The lowest BCUT2D eigenvalue weighted by molar-refractivity contribution is -0.247. The maximum atomic E-state index is 6.26. The first kappa shape index (κ1) is 15.2. The average Bonchev–Trinajstić information content (AvgIpc) is 3.14. The molecule has 4 aliphatic carbocycles. The van der Waals surface area contributed by atoms with Crippen molar-refractivity contribution in [2.75, 3.05) is 13.2 Å². The molecule has 5 rings (SSSR count). The summed E-state index contributed by atoms with van der Waals surface area (Å²) in [7, 11) is 0. The van der Waals surface area contributed by atoms with E-state index >= 15 is 0 Å². The van der Waals surface area contributed by atoms with Gasteiger partial charge in [-0.2, -0.15) is 0 Å². The van der Waals surface area contributed by atoms with E-state index in [1.165, 1.54) is 57.8 Å². The first-order valence-electron chi connectivity index (χ1n) is 10.4. The highest BCUT2D eigenvalue weighted by Crippen LogP contribution is 2.69. The van der Waals surface area contributed by atoms with E-state index in [0.29, 0.717) is 5.41 Å². The topological polar surface area (TPSA) is 18.5 Å². The van der Waals surface area contributed by atoms with Crippen LogP contribution in [0.2, 0.25) is 0 Å². The Balaban J connectivity index is 1.47. The molecular formula is C21H34O2. The van der Waals surface area contributed by atoms with Crippen LogP contribution in [0.1, 0.15) is 78.1 Å². The van der Waals surface area contributed by atoms with Crippen LogP contribution >= 0.6 is 0 Å². The quantitative estimate of drug-likeness (QED) is 0.614. The minimum atomic E-state index is -0.215. The predicted octanol–water partition coefficient (Wildman–Crippen LogP) is 5.16. The monoisotopic (exact) mass is 318 g/mol. The van der Waals surface area contributed by atoms with Crippen molar-refractivity contribution in [3.8, 4) is 0 Å². The Hall–Kier alpha value is -0.0800. The summed E-state index contributed by atoms with van der Waals surface area (Å²) in [5.41, 5.74) is 0.929. The van der Waals surface area contributed by atoms with E-state index in [9.17, 15) is 0 Å². The lowest BCUT2D eigenvalue weighted by Gasteiger charge is -2.61. The Labute approximate surface area is 141 Å². The largest absolute Gasteiger partial charge is 0.347 e. The van der Waals surface area contributed by atoms with E-state index in [2.05, 4.69) is 13.8 Å². The smallest absolute Gasteiger partial charge is 0.174 e. The molecule has 1 heterocycles. The Morgan fingerprint density at radius 1 is 0.739 bits per heavy atom. The summed E-state index contributed by atoms with van der Waals surface area (Å²) in [6, 6.07) is 0. The molecule has 0 aromatic rings. The summed E-state index contributed by atoms with van der Waals surface area (Å²) in [4.78, 5) is 0. The molecule has 2 nitrogen and oxygen atoms in total. The summed E-state index contributed by atoms with van der Waals surface area (Å²) >= 11 is 0. The first-order chi connectivity index (χ1) is 11.1. The van der Waals surface area contributed by atoms with Crippen LogP contribution < -0.4 is 0 Å². The molecule has 0 bridgehead atoms. The minimum Gasteiger partial charge on any atom is -0.347 e. The number of hydrogen-bond acceptors (Lipinski definition) is 2. The van der Waals surface area contributed by atoms with Crippen LogP contribution in [0, 0.1) is 34.5 Å². The fourth-order valence-electron chi connectivity index (χ4n) is 8.18. The zero-order chi connectivity index (χ0) is 15.7. The van der Waals surface area contributed by atoms with E-state index in [1.54, 1.807) is 0 Å². The lowest BCUT2D eigenvalue weighted by Crippen LogP contribution is -2.56. The molecule has 4 saturated carbocycles. The molecular weight excluding hydrogens is 284 g/mol. The van der Waals surface area contributed by atoms with Crippen molar-refractivity contribution >= 4 is 0 Å². The highest BCUT2D eigenvalue weighted by Gasteiger charge is 2.66. The standard InChI is InChI=1S/C21H34O2/c1-19-10-4-3-5-15(19)6-7-16-17(19)8-11-20(2)18(16)9-12-21(20)22-13-14-23-21/h15-18H,3-14H2,1-2H3/t15-,16-,17+,18-,19+,20-/m1/s1. The lowest BCUT2D eigenvalue weighted by atomic mass is 9.45. The fraction of sp³-hybridized carbons (Fsp3) is 1.00. The minimum absolute atomic E-state index is 0.215. The molecule has 2 heteroatoms. The van der Waals surface area contributed by atoms with E-state index in [4.69, 9.17) is 9.47 Å². The summed E-state index contributed by atoms with van der Waals surface area (Å²) in [6.07, 6.45) is 14.2. The van der Waals surface area contributed by atoms with E-state index in [0.717, 1.165) is 43.3 Å². The molecule has 0 aromatic heterocycles. The van der Waals surface area contributed by atoms with Crippen LogP contribution in [0.3, 0.4) is 0 Å². The van der Waals surface area contributed by atoms with Gasteiger partial charge >= 0.3 is 0 Å². The summed E-state index contributed by atoms with van der Waals surface area (Å²) in [5, 5.41) is 0.